The van der Waals surface area contributed by atoms with E-state index in [1.54, 1.807) is 0 Å². The summed E-state index contributed by atoms with van der Waals surface area (Å²) >= 11 is 0. The first-order valence-electron chi connectivity index (χ1n) is 10.5. The fourth-order valence-corrected chi connectivity index (χ4v) is 2.94. The van der Waals surface area contributed by atoms with E-state index in [9.17, 15) is 4.79 Å². The zero-order valence-electron chi connectivity index (χ0n) is 16.0. The van der Waals surface area contributed by atoms with Crippen LogP contribution in [0.2, 0.25) is 0 Å². The highest BCUT2D eigenvalue weighted by molar-refractivity contribution is 5.68. The van der Waals surface area contributed by atoms with Crippen LogP contribution in [0.4, 0.5) is 0 Å². The largest absolute Gasteiger partial charge is 0.466 e. The fourth-order valence-electron chi connectivity index (χ4n) is 2.94. The second-order valence-corrected chi connectivity index (χ2v) is 6.88. The van der Waals surface area contributed by atoms with E-state index in [1.165, 1.54) is 96.3 Å². The van der Waals surface area contributed by atoms with E-state index in [1.807, 2.05) is 6.92 Å². The van der Waals surface area contributed by atoms with Gasteiger partial charge >= 0.3 is 5.97 Å². The summed E-state index contributed by atoms with van der Waals surface area (Å²) in [6.07, 6.45) is 22.5. The molecule has 0 rings (SSSR count). The molecule has 0 aromatic rings. The summed E-state index contributed by atoms with van der Waals surface area (Å²) in [5.41, 5.74) is 0. The average molecular weight is 327 g/mol. The molecule has 0 fully saturated rings. The summed E-state index contributed by atoms with van der Waals surface area (Å²) in [6, 6.07) is 0. The Labute approximate surface area is 145 Å². The van der Waals surface area contributed by atoms with E-state index in [4.69, 9.17) is 4.74 Å². The Hall–Kier alpha value is -0.530. The normalized spacial score (nSPS) is 10.9. The molecule has 0 aromatic carbocycles. The fraction of sp³-hybridized carbons (Fsp3) is 0.952. The third-order valence-electron chi connectivity index (χ3n) is 4.55. The highest BCUT2D eigenvalue weighted by Gasteiger charge is 1.97. The summed E-state index contributed by atoms with van der Waals surface area (Å²) in [7, 11) is 0. The summed E-state index contributed by atoms with van der Waals surface area (Å²) in [5.74, 6) is -0.0639. The van der Waals surface area contributed by atoms with Crippen LogP contribution in [0, 0.1) is 0 Å². The maximum absolute atomic E-state index is 10.9. The zero-order chi connectivity index (χ0) is 17.0. The topological polar surface area (TPSA) is 26.3 Å². The molecule has 0 N–H and O–H groups in total. The van der Waals surface area contributed by atoms with Gasteiger partial charge in [-0.05, 0) is 6.42 Å². The van der Waals surface area contributed by atoms with Gasteiger partial charge in [0.1, 0.15) is 0 Å². The first-order chi connectivity index (χ1) is 11.3. The van der Waals surface area contributed by atoms with Gasteiger partial charge in [-0.2, -0.15) is 0 Å². The van der Waals surface area contributed by atoms with Gasteiger partial charge in [-0.1, -0.05) is 110 Å². The molecule has 0 aliphatic heterocycles. The van der Waals surface area contributed by atoms with Crippen LogP contribution in [0.25, 0.3) is 0 Å². The average Bonchev–Trinajstić information content (AvgIpc) is 2.57. The molecule has 0 atom stereocenters. The molecule has 0 saturated carbocycles. The standard InChI is InChI=1S/C21H42O2/c1-3-5-6-7-8-9-10-11-12-13-14-15-16-17-18-19-20-23-21(22)4-2/h3-20H2,1-2H3. The Kier molecular flexibility index (Phi) is 19.1. The van der Waals surface area contributed by atoms with Gasteiger partial charge in [-0.15, -0.1) is 0 Å². The minimum Gasteiger partial charge on any atom is -0.466 e. The van der Waals surface area contributed by atoms with Crippen molar-refractivity contribution in [3.05, 3.63) is 0 Å². The number of ether oxygens (including phenoxy) is 1. The van der Waals surface area contributed by atoms with Crippen LogP contribution >= 0.6 is 0 Å². The van der Waals surface area contributed by atoms with Gasteiger partial charge in [0, 0.05) is 6.42 Å². The number of esters is 1. The molecule has 0 amide bonds. The van der Waals surface area contributed by atoms with Gasteiger partial charge in [0.15, 0.2) is 0 Å². The quantitative estimate of drug-likeness (QED) is 0.196. The van der Waals surface area contributed by atoms with Crippen LogP contribution in [0.3, 0.4) is 0 Å². The third kappa shape index (κ3) is 19.4. The lowest BCUT2D eigenvalue weighted by atomic mass is 10.0. The predicted octanol–water partition coefficient (Wildman–Crippen LogP) is 7.20. The minimum atomic E-state index is -0.0639. The first kappa shape index (κ1) is 22.5. The minimum absolute atomic E-state index is 0.0639. The van der Waals surface area contributed by atoms with Crippen LogP contribution in [0.1, 0.15) is 123 Å². The number of hydrogen-bond donors (Lipinski definition) is 0. The first-order valence-corrected chi connectivity index (χ1v) is 10.5. The van der Waals surface area contributed by atoms with Crippen molar-refractivity contribution in [3.8, 4) is 0 Å². The van der Waals surface area contributed by atoms with Crippen molar-refractivity contribution in [2.45, 2.75) is 123 Å². The van der Waals surface area contributed by atoms with Crippen molar-refractivity contribution in [2.75, 3.05) is 6.61 Å². The van der Waals surface area contributed by atoms with E-state index >= 15 is 0 Å². The summed E-state index contributed by atoms with van der Waals surface area (Å²) in [6.45, 7) is 4.74. The van der Waals surface area contributed by atoms with Crippen molar-refractivity contribution in [1.82, 2.24) is 0 Å². The van der Waals surface area contributed by atoms with Crippen LogP contribution in [-0.2, 0) is 9.53 Å². The molecule has 0 radical (unpaired) electrons. The smallest absolute Gasteiger partial charge is 0.305 e. The lowest BCUT2D eigenvalue weighted by molar-refractivity contribution is -0.143. The molecule has 0 aromatic heterocycles. The van der Waals surface area contributed by atoms with E-state index in [2.05, 4.69) is 6.92 Å². The highest BCUT2D eigenvalue weighted by atomic mass is 16.5. The van der Waals surface area contributed by atoms with Gasteiger partial charge in [0.2, 0.25) is 0 Å². The molecule has 0 unspecified atom stereocenters. The molecular weight excluding hydrogens is 284 g/mol. The Morgan fingerprint density at radius 1 is 0.565 bits per heavy atom. The lowest BCUT2D eigenvalue weighted by Crippen LogP contribution is -2.03. The maximum atomic E-state index is 10.9. The van der Waals surface area contributed by atoms with Crippen LogP contribution in [0.5, 0.6) is 0 Å². The highest BCUT2D eigenvalue weighted by Crippen LogP contribution is 2.13. The number of unbranched alkanes of at least 4 members (excludes halogenated alkanes) is 15. The molecule has 0 spiro atoms. The number of rotatable bonds is 18. The number of hydrogen-bond acceptors (Lipinski definition) is 2. The van der Waals surface area contributed by atoms with Crippen LogP contribution in [-0.4, -0.2) is 12.6 Å². The molecule has 0 heterocycles. The van der Waals surface area contributed by atoms with E-state index in [-0.39, 0.29) is 5.97 Å². The van der Waals surface area contributed by atoms with Gasteiger partial charge < -0.3 is 4.74 Å². The van der Waals surface area contributed by atoms with E-state index in [0.29, 0.717) is 13.0 Å². The molecule has 138 valence electrons. The molecule has 0 aliphatic rings. The Bertz CT molecular complexity index is 238. The van der Waals surface area contributed by atoms with E-state index in [0.717, 1.165) is 6.42 Å². The summed E-state index contributed by atoms with van der Waals surface area (Å²) in [5, 5.41) is 0. The zero-order valence-corrected chi connectivity index (χ0v) is 16.0. The second kappa shape index (κ2) is 19.5. The Morgan fingerprint density at radius 2 is 0.913 bits per heavy atom. The van der Waals surface area contributed by atoms with Gasteiger partial charge in [-0.25, -0.2) is 0 Å². The second-order valence-electron chi connectivity index (χ2n) is 6.88. The molecule has 2 heteroatoms. The summed E-state index contributed by atoms with van der Waals surface area (Å²) in [4.78, 5) is 10.9. The summed E-state index contributed by atoms with van der Waals surface area (Å²) < 4.78 is 5.07. The van der Waals surface area contributed by atoms with Crippen LogP contribution in [0.15, 0.2) is 0 Å². The Morgan fingerprint density at radius 3 is 1.26 bits per heavy atom. The maximum Gasteiger partial charge on any atom is 0.305 e. The van der Waals surface area contributed by atoms with Crippen LogP contribution < -0.4 is 0 Å². The van der Waals surface area contributed by atoms with Gasteiger partial charge in [0.25, 0.3) is 0 Å². The molecular formula is C21H42O2. The van der Waals surface area contributed by atoms with Crippen molar-refractivity contribution < 1.29 is 9.53 Å². The van der Waals surface area contributed by atoms with E-state index < -0.39 is 0 Å². The lowest BCUT2D eigenvalue weighted by Gasteiger charge is -2.04. The third-order valence-corrected chi connectivity index (χ3v) is 4.55. The predicted molar refractivity (Wildman–Crippen MR) is 101 cm³/mol. The number of carbonyl (C=O) groups is 1. The number of carbonyl (C=O) groups excluding carboxylic acids is 1. The van der Waals surface area contributed by atoms with Gasteiger partial charge in [-0.3, -0.25) is 4.79 Å². The molecule has 0 saturated heterocycles. The van der Waals surface area contributed by atoms with Crippen molar-refractivity contribution in [3.63, 3.8) is 0 Å². The molecule has 2 nitrogen and oxygen atoms in total. The van der Waals surface area contributed by atoms with Crippen molar-refractivity contribution >= 4 is 5.97 Å². The van der Waals surface area contributed by atoms with Crippen molar-refractivity contribution in [1.29, 1.82) is 0 Å². The Balaban J connectivity index is 2.99. The van der Waals surface area contributed by atoms with Gasteiger partial charge in [0.05, 0.1) is 6.61 Å². The molecule has 0 bridgehead atoms. The van der Waals surface area contributed by atoms with Crippen molar-refractivity contribution in [2.24, 2.45) is 0 Å². The molecule has 0 aliphatic carbocycles. The SMILES string of the molecule is CCCCCCCCCCCCCCCCCCOC(=O)CC. The molecule has 23 heavy (non-hydrogen) atoms. The monoisotopic (exact) mass is 326 g/mol.